The van der Waals surface area contributed by atoms with E-state index in [1.54, 1.807) is 48.1 Å². The Balaban J connectivity index is 1.40. The first-order chi connectivity index (χ1) is 19.3. The van der Waals surface area contributed by atoms with Crippen molar-refractivity contribution in [2.75, 3.05) is 70.2 Å². The van der Waals surface area contributed by atoms with Crippen LogP contribution in [0, 0.1) is 0 Å². The quantitative estimate of drug-likeness (QED) is 0.376. The molecule has 1 saturated heterocycles. The van der Waals surface area contributed by atoms with E-state index in [1.165, 1.54) is 0 Å². The molecule has 0 atom stereocenters. The van der Waals surface area contributed by atoms with E-state index in [4.69, 9.17) is 9.84 Å². The third-order valence-corrected chi connectivity index (χ3v) is 7.12. The Labute approximate surface area is 239 Å². The number of alkyl halides is 3. The average Bonchev–Trinajstić information content (AvgIpc) is 3.27. The molecule has 0 unspecified atom stereocenters. The van der Waals surface area contributed by atoms with Gasteiger partial charge in [-0.25, -0.2) is 4.98 Å². The molecule has 41 heavy (non-hydrogen) atoms. The molecule has 12 heteroatoms. The Hall–Kier alpha value is -3.54. The van der Waals surface area contributed by atoms with E-state index in [-0.39, 0.29) is 17.1 Å². The lowest BCUT2D eigenvalue weighted by molar-refractivity contribution is -0.153. The fourth-order valence-corrected chi connectivity index (χ4v) is 5.06. The number of para-hydroxylation sites is 2. The number of carbonyl (C=O) groups is 1. The summed E-state index contributed by atoms with van der Waals surface area (Å²) in [5.74, 6) is 0.125. The summed E-state index contributed by atoms with van der Waals surface area (Å²) in [5.41, 5.74) is 3.32. The molecule has 1 amide bonds. The van der Waals surface area contributed by atoms with Crippen LogP contribution in [0.1, 0.15) is 43.2 Å². The predicted molar refractivity (Wildman–Crippen MR) is 155 cm³/mol. The van der Waals surface area contributed by atoms with Crippen LogP contribution in [0.2, 0.25) is 0 Å². The van der Waals surface area contributed by atoms with Crippen LogP contribution < -0.4 is 15.0 Å². The summed E-state index contributed by atoms with van der Waals surface area (Å²) in [7, 11) is 5.32. The zero-order chi connectivity index (χ0) is 29.9. The summed E-state index contributed by atoms with van der Waals surface area (Å²) in [6.07, 6.45) is -1.92. The van der Waals surface area contributed by atoms with Gasteiger partial charge in [0.2, 0.25) is 0 Å². The van der Waals surface area contributed by atoms with Gasteiger partial charge in [-0.2, -0.15) is 18.3 Å². The number of carbonyl (C=O) groups excluding carboxylic acids is 1. The summed E-state index contributed by atoms with van der Waals surface area (Å²) in [6, 6.07) is 6.88. The molecular formula is C29H40F3N7O2. The maximum Gasteiger partial charge on any atom is 0.422 e. The first-order valence-electron chi connectivity index (χ1n) is 13.8. The van der Waals surface area contributed by atoms with E-state index in [0.29, 0.717) is 30.9 Å². The molecule has 2 aromatic heterocycles. The molecule has 0 bridgehead atoms. The van der Waals surface area contributed by atoms with Crippen LogP contribution in [0.3, 0.4) is 0 Å². The summed E-state index contributed by atoms with van der Waals surface area (Å²) in [4.78, 5) is 23.6. The zero-order valence-electron chi connectivity index (χ0n) is 24.7. The van der Waals surface area contributed by atoms with E-state index in [1.807, 2.05) is 13.1 Å². The molecule has 0 aliphatic carbocycles. The minimum Gasteiger partial charge on any atom is -0.482 e. The van der Waals surface area contributed by atoms with Gasteiger partial charge in [0, 0.05) is 65.5 Å². The number of nitrogens with zero attached hydrogens (tertiary/aromatic N) is 6. The van der Waals surface area contributed by atoms with Gasteiger partial charge in [-0.1, -0.05) is 32.9 Å². The number of anilines is 2. The third-order valence-electron chi connectivity index (χ3n) is 7.12. The van der Waals surface area contributed by atoms with Gasteiger partial charge in [0.25, 0.3) is 5.91 Å². The molecule has 1 aromatic carbocycles. The number of aryl methyl sites for hydroxylation is 1. The summed E-state index contributed by atoms with van der Waals surface area (Å²) < 4.78 is 44.9. The second-order valence-electron chi connectivity index (χ2n) is 11.6. The highest BCUT2D eigenvalue weighted by Gasteiger charge is 2.30. The van der Waals surface area contributed by atoms with E-state index < -0.39 is 12.8 Å². The van der Waals surface area contributed by atoms with Gasteiger partial charge in [0.1, 0.15) is 5.75 Å². The van der Waals surface area contributed by atoms with E-state index in [0.717, 1.165) is 48.5 Å². The topological polar surface area (TPSA) is 78.8 Å². The predicted octanol–water partition coefficient (Wildman–Crippen LogP) is 4.53. The standard InChI is InChI=1S/C29H40F3N7O2/c1-28(2,3)25-23-24(20(27(40)36(4)5)18-34-26(23)37(6)35-25)33-12-9-13-38-14-16-39(17-15-38)21-10-7-8-11-22(21)41-19-29(30,31)32/h7-8,10-11,18H,9,12-17,19H2,1-6H3,(H,33,34). The molecule has 1 fully saturated rings. The number of piperazine rings is 1. The molecular weight excluding hydrogens is 535 g/mol. The van der Waals surface area contributed by atoms with Gasteiger partial charge < -0.3 is 19.9 Å². The lowest BCUT2D eigenvalue weighted by atomic mass is 9.89. The van der Waals surface area contributed by atoms with E-state index in [9.17, 15) is 18.0 Å². The van der Waals surface area contributed by atoms with Crippen molar-refractivity contribution >= 4 is 28.3 Å². The number of ether oxygens (including phenoxy) is 1. The maximum atomic E-state index is 13.1. The van der Waals surface area contributed by atoms with E-state index >= 15 is 0 Å². The van der Waals surface area contributed by atoms with Crippen LogP contribution in [0.15, 0.2) is 30.5 Å². The lowest BCUT2D eigenvalue weighted by Crippen LogP contribution is -2.47. The summed E-state index contributed by atoms with van der Waals surface area (Å²) in [6.45, 7) is 9.44. The van der Waals surface area contributed by atoms with Crippen molar-refractivity contribution in [3.63, 3.8) is 0 Å². The van der Waals surface area contributed by atoms with Crippen molar-refractivity contribution < 1.29 is 22.7 Å². The van der Waals surface area contributed by atoms with Crippen LogP contribution in [0.5, 0.6) is 5.75 Å². The highest BCUT2D eigenvalue weighted by Crippen LogP contribution is 2.35. The molecule has 1 aliphatic rings. The fourth-order valence-electron chi connectivity index (χ4n) is 5.06. The van der Waals surface area contributed by atoms with Crippen LogP contribution >= 0.6 is 0 Å². The van der Waals surface area contributed by atoms with Gasteiger partial charge in [-0.05, 0) is 25.1 Å². The molecule has 9 nitrogen and oxygen atoms in total. The maximum absolute atomic E-state index is 13.1. The Morgan fingerprint density at radius 2 is 1.78 bits per heavy atom. The Morgan fingerprint density at radius 3 is 2.41 bits per heavy atom. The van der Waals surface area contributed by atoms with Crippen molar-refractivity contribution in [1.29, 1.82) is 0 Å². The molecule has 0 saturated carbocycles. The highest BCUT2D eigenvalue weighted by molar-refractivity contribution is 6.07. The number of pyridine rings is 1. The smallest absolute Gasteiger partial charge is 0.422 e. The molecule has 3 heterocycles. The van der Waals surface area contributed by atoms with Crippen molar-refractivity contribution in [1.82, 2.24) is 24.6 Å². The minimum absolute atomic E-state index is 0.124. The number of halogens is 3. The van der Waals surface area contributed by atoms with Crippen LogP contribution in [0.25, 0.3) is 11.0 Å². The van der Waals surface area contributed by atoms with Gasteiger partial charge in [-0.3, -0.25) is 14.4 Å². The molecule has 4 rings (SSSR count). The largest absolute Gasteiger partial charge is 0.482 e. The first kappa shape index (κ1) is 30.4. The number of amides is 1. The molecule has 224 valence electrons. The number of fused-ring (bicyclic) bond motifs is 1. The lowest BCUT2D eigenvalue weighted by Gasteiger charge is -2.36. The van der Waals surface area contributed by atoms with Gasteiger partial charge in [-0.15, -0.1) is 0 Å². The molecule has 0 spiro atoms. The van der Waals surface area contributed by atoms with Crippen molar-refractivity contribution in [2.45, 2.75) is 38.8 Å². The fraction of sp³-hybridized carbons (Fsp3) is 0.552. The SMILES string of the molecule is CN(C)C(=O)c1cnc2c(c(C(C)(C)C)nn2C)c1NCCCN1CCN(c2ccccc2OCC(F)(F)F)CC1. The highest BCUT2D eigenvalue weighted by atomic mass is 19.4. The van der Waals surface area contributed by atoms with Crippen molar-refractivity contribution in [3.05, 3.63) is 41.7 Å². The summed E-state index contributed by atoms with van der Waals surface area (Å²) in [5, 5.41) is 9.15. The number of hydrogen-bond donors (Lipinski definition) is 1. The molecule has 1 N–H and O–H groups in total. The average molecular weight is 576 g/mol. The van der Waals surface area contributed by atoms with Crippen LogP contribution in [-0.2, 0) is 12.5 Å². The monoisotopic (exact) mass is 575 g/mol. The molecule has 1 aliphatic heterocycles. The Morgan fingerprint density at radius 1 is 1.10 bits per heavy atom. The second-order valence-corrected chi connectivity index (χ2v) is 11.6. The number of benzene rings is 1. The third kappa shape index (κ3) is 7.22. The number of rotatable bonds is 9. The van der Waals surface area contributed by atoms with Crippen LogP contribution in [-0.4, -0.2) is 96.6 Å². The minimum atomic E-state index is -4.38. The number of aromatic nitrogens is 3. The van der Waals surface area contributed by atoms with Gasteiger partial charge in [0.05, 0.1) is 28.0 Å². The Bertz CT molecular complexity index is 1360. The summed E-state index contributed by atoms with van der Waals surface area (Å²) >= 11 is 0. The second kappa shape index (κ2) is 12.1. The molecule has 0 radical (unpaired) electrons. The normalized spacial score (nSPS) is 14.9. The Kier molecular flexibility index (Phi) is 9.00. The number of hydrogen-bond acceptors (Lipinski definition) is 7. The van der Waals surface area contributed by atoms with Gasteiger partial charge in [0.15, 0.2) is 12.3 Å². The van der Waals surface area contributed by atoms with E-state index in [2.05, 4.69) is 40.9 Å². The van der Waals surface area contributed by atoms with Gasteiger partial charge >= 0.3 is 6.18 Å². The van der Waals surface area contributed by atoms with Crippen LogP contribution in [0.4, 0.5) is 24.5 Å². The van der Waals surface area contributed by atoms with Crippen molar-refractivity contribution in [3.8, 4) is 5.75 Å². The van der Waals surface area contributed by atoms with Crippen molar-refractivity contribution in [2.24, 2.45) is 7.05 Å². The number of nitrogens with one attached hydrogen (secondary N) is 1. The molecule has 3 aromatic rings. The first-order valence-corrected chi connectivity index (χ1v) is 13.8. The zero-order valence-corrected chi connectivity index (χ0v) is 24.7.